The maximum atomic E-state index is 12.2. The molecule has 1 amide bonds. The molecule has 1 heterocycles. The lowest BCUT2D eigenvalue weighted by atomic mass is 10.2. The van der Waals surface area contributed by atoms with Gasteiger partial charge in [0.15, 0.2) is 0 Å². The third-order valence-corrected chi connectivity index (χ3v) is 3.57. The first kappa shape index (κ1) is 16.0. The minimum atomic E-state index is -0.464. The number of benzene rings is 2. The van der Waals surface area contributed by atoms with Gasteiger partial charge < -0.3 is 14.6 Å². The number of amides is 1. The molecule has 0 atom stereocenters. The Labute approximate surface area is 144 Å². The third kappa shape index (κ3) is 3.55. The number of carbonyl (C=O) groups excluding carboxylic acids is 1. The second kappa shape index (κ2) is 6.72. The van der Waals surface area contributed by atoms with Crippen molar-refractivity contribution in [3.05, 3.63) is 59.4 Å². The minimum absolute atomic E-state index is 0.110. The van der Waals surface area contributed by atoms with E-state index in [1.54, 1.807) is 24.3 Å². The molecule has 6 nitrogen and oxygen atoms in total. The molecular formula is C17H15ClN4O2. The summed E-state index contributed by atoms with van der Waals surface area (Å²) < 4.78 is 5.42. The summed E-state index contributed by atoms with van der Waals surface area (Å²) in [6.07, 6.45) is 0. The number of halogens is 1. The Morgan fingerprint density at radius 1 is 1.12 bits per heavy atom. The summed E-state index contributed by atoms with van der Waals surface area (Å²) in [7, 11) is 3.90. The molecule has 0 saturated heterocycles. The number of hydrogen-bond donors (Lipinski definition) is 1. The van der Waals surface area contributed by atoms with Gasteiger partial charge in [-0.2, -0.15) is 0 Å². The van der Waals surface area contributed by atoms with Crippen LogP contribution in [0.1, 0.15) is 10.7 Å². The van der Waals surface area contributed by atoms with Crippen molar-refractivity contribution in [1.82, 2.24) is 10.2 Å². The summed E-state index contributed by atoms with van der Waals surface area (Å²) in [6, 6.07) is 14.4. The third-order valence-electron chi connectivity index (χ3n) is 3.33. The van der Waals surface area contributed by atoms with E-state index < -0.39 is 5.91 Å². The molecule has 3 aromatic rings. The average Bonchev–Trinajstić information content (AvgIpc) is 3.05. The molecule has 24 heavy (non-hydrogen) atoms. The lowest BCUT2D eigenvalue weighted by Crippen LogP contribution is -2.13. The molecule has 0 aliphatic carbocycles. The quantitative estimate of drug-likeness (QED) is 0.782. The number of rotatable bonds is 4. The van der Waals surface area contributed by atoms with E-state index in [0.717, 1.165) is 5.69 Å². The molecular weight excluding hydrogens is 328 g/mol. The van der Waals surface area contributed by atoms with E-state index in [4.69, 9.17) is 16.0 Å². The standard InChI is InChI=1S/C17H15ClN4O2/c1-22(2)14-8-6-13(7-9-14)19-15(23)17-21-20-16(24-17)11-4-3-5-12(18)10-11/h3-10H,1-2H3,(H,19,23). The normalized spacial score (nSPS) is 10.5. The van der Waals surface area contributed by atoms with Crippen molar-refractivity contribution < 1.29 is 9.21 Å². The molecule has 0 radical (unpaired) electrons. The van der Waals surface area contributed by atoms with Gasteiger partial charge in [0.2, 0.25) is 5.89 Å². The Balaban J connectivity index is 1.74. The van der Waals surface area contributed by atoms with Gasteiger partial charge in [0.25, 0.3) is 0 Å². The Kier molecular flexibility index (Phi) is 4.48. The van der Waals surface area contributed by atoms with E-state index in [-0.39, 0.29) is 11.8 Å². The maximum Gasteiger partial charge on any atom is 0.313 e. The van der Waals surface area contributed by atoms with E-state index in [0.29, 0.717) is 16.3 Å². The summed E-state index contributed by atoms with van der Waals surface area (Å²) in [4.78, 5) is 14.2. The molecule has 7 heteroatoms. The molecule has 1 aromatic heterocycles. The number of aromatic nitrogens is 2. The van der Waals surface area contributed by atoms with Gasteiger partial charge in [-0.3, -0.25) is 4.79 Å². The van der Waals surface area contributed by atoms with Gasteiger partial charge in [-0.25, -0.2) is 0 Å². The highest BCUT2D eigenvalue weighted by Gasteiger charge is 2.16. The Hall–Kier alpha value is -2.86. The number of anilines is 2. The molecule has 0 aliphatic heterocycles. The van der Waals surface area contributed by atoms with Crippen LogP contribution in [0.3, 0.4) is 0 Å². The van der Waals surface area contributed by atoms with Gasteiger partial charge in [-0.05, 0) is 42.5 Å². The number of nitrogens with one attached hydrogen (secondary N) is 1. The second-order valence-electron chi connectivity index (χ2n) is 5.32. The topological polar surface area (TPSA) is 71.3 Å². The molecule has 122 valence electrons. The summed E-state index contributed by atoms with van der Waals surface area (Å²) in [5.41, 5.74) is 2.34. The Morgan fingerprint density at radius 2 is 1.88 bits per heavy atom. The van der Waals surface area contributed by atoms with Crippen molar-refractivity contribution in [2.24, 2.45) is 0 Å². The SMILES string of the molecule is CN(C)c1ccc(NC(=O)c2nnc(-c3cccc(Cl)c3)o2)cc1. The monoisotopic (exact) mass is 342 g/mol. The molecule has 2 aromatic carbocycles. The van der Waals surface area contributed by atoms with E-state index in [1.165, 1.54) is 0 Å². The first-order valence-corrected chi connectivity index (χ1v) is 7.59. The molecule has 0 saturated carbocycles. The summed E-state index contributed by atoms with van der Waals surface area (Å²) >= 11 is 5.93. The first-order valence-electron chi connectivity index (χ1n) is 7.21. The largest absolute Gasteiger partial charge is 0.412 e. The van der Waals surface area contributed by atoms with Crippen LogP contribution in [0.5, 0.6) is 0 Å². The van der Waals surface area contributed by atoms with Crippen molar-refractivity contribution >= 4 is 28.9 Å². The number of nitrogens with zero attached hydrogens (tertiary/aromatic N) is 3. The predicted molar refractivity (Wildman–Crippen MR) is 93.5 cm³/mol. The van der Waals surface area contributed by atoms with Crippen molar-refractivity contribution in [2.75, 3.05) is 24.3 Å². The highest BCUT2D eigenvalue weighted by atomic mass is 35.5. The lowest BCUT2D eigenvalue weighted by Gasteiger charge is -2.12. The Bertz CT molecular complexity index is 859. The summed E-state index contributed by atoms with van der Waals surface area (Å²) in [6.45, 7) is 0. The van der Waals surface area contributed by atoms with Gasteiger partial charge in [0.1, 0.15) is 0 Å². The van der Waals surface area contributed by atoms with Gasteiger partial charge in [-0.15, -0.1) is 10.2 Å². The molecule has 0 aliphatic rings. The van der Waals surface area contributed by atoms with E-state index in [2.05, 4.69) is 15.5 Å². The zero-order valence-corrected chi connectivity index (χ0v) is 13.9. The number of hydrogen-bond acceptors (Lipinski definition) is 5. The van der Waals surface area contributed by atoms with Crippen LogP contribution >= 0.6 is 11.6 Å². The highest BCUT2D eigenvalue weighted by molar-refractivity contribution is 6.30. The van der Waals surface area contributed by atoms with Crippen LogP contribution in [0, 0.1) is 0 Å². The van der Waals surface area contributed by atoms with Crippen molar-refractivity contribution in [3.63, 3.8) is 0 Å². The van der Waals surface area contributed by atoms with Crippen LogP contribution < -0.4 is 10.2 Å². The van der Waals surface area contributed by atoms with Crippen LogP contribution in [0.25, 0.3) is 11.5 Å². The van der Waals surface area contributed by atoms with Crippen LogP contribution in [-0.4, -0.2) is 30.2 Å². The molecule has 0 fully saturated rings. The lowest BCUT2D eigenvalue weighted by molar-refractivity contribution is 0.0991. The first-order chi connectivity index (χ1) is 11.5. The van der Waals surface area contributed by atoms with Gasteiger partial charge in [0.05, 0.1) is 0 Å². The zero-order chi connectivity index (χ0) is 17.1. The second-order valence-corrected chi connectivity index (χ2v) is 5.75. The molecule has 0 unspecified atom stereocenters. The fourth-order valence-corrected chi connectivity index (χ4v) is 2.27. The summed E-state index contributed by atoms with van der Waals surface area (Å²) in [5.74, 6) is -0.333. The molecule has 1 N–H and O–H groups in total. The molecule has 3 rings (SSSR count). The van der Waals surface area contributed by atoms with Crippen LogP contribution in [-0.2, 0) is 0 Å². The van der Waals surface area contributed by atoms with Crippen LogP contribution in [0.2, 0.25) is 5.02 Å². The predicted octanol–water partition coefficient (Wildman–Crippen LogP) is 3.71. The van der Waals surface area contributed by atoms with Crippen molar-refractivity contribution in [3.8, 4) is 11.5 Å². The van der Waals surface area contributed by atoms with E-state index >= 15 is 0 Å². The van der Waals surface area contributed by atoms with Crippen molar-refractivity contribution in [2.45, 2.75) is 0 Å². The average molecular weight is 343 g/mol. The van der Waals surface area contributed by atoms with E-state index in [1.807, 2.05) is 43.3 Å². The van der Waals surface area contributed by atoms with Gasteiger partial charge in [-0.1, -0.05) is 17.7 Å². The maximum absolute atomic E-state index is 12.2. The molecule has 0 spiro atoms. The minimum Gasteiger partial charge on any atom is -0.412 e. The van der Waals surface area contributed by atoms with Crippen LogP contribution in [0.4, 0.5) is 11.4 Å². The zero-order valence-electron chi connectivity index (χ0n) is 13.2. The fourth-order valence-electron chi connectivity index (χ4n) is 2.08. The summed E-state index contributed by atoms with van der Waals surface area (Å²) in [5, 5.41) is 10.9. The highest BCUT2D eigenvalue weighted by Crippen LogP contribution is 2.22. The van der Waals surface area contributed by atoms with Crippen LogP contribution in [0.15, 0.2) is 52.9 Å². The smallest absolute Gasteiger partial charge is 0.313 e. The van der Waals surface area contributed by atoms with Crippen molar-refractivity contribution in [1.29, 1.82) is 0 Å². The fraction of sp³-hybridized carbons (Fsp3) is 0.118. The molecule has 0 bridgehead atoms. The van der Waals surface area contributed by atoms with Gasteiger partial charge in [0, 0.05) is 36.1 Å². The van der Waals surface area contributed by atoms with E-state index in [9.17, 15) is 4.79 Å². The number of carbonyl (C=O) groups is 1. The van der Waals surface area contributed by atoms with Gasteiger partial charge >= 0.3 is 11.8 Å². The Morgan fingerprint density at radius 3 is 2.54 bits per heavy atom.